The summed E-state index contributed by atoms with van der Waals surface area (Å²) in [6, 6.07) is 5.60. The number of nitrogens with zero attached hydrogens (tertiary/aromatic N) is 2. The molecule has 1 heterocycles. The number of imidazole rings is 1. The third-order valence-corrected chi connectivity index (χ3v) is 2.23. The average Bonchev–Trinajstić information content (AvgIpc) is 2.55. The number of hydrogen-bond donors (Lipinski definition) is 0. The highest BCUT2D eigenvalue weighted by atomic mass is 16.5. The Kier molecular flexibility index (Phi) is 1.96. The van der Waals surface area contributed by atoms with Gasteiger partial charge in [-0.05, 0) is 12.1 Å². The zero-order chi connectivity index (χ0) is 10.1. The van der Waals surface area contributed by atoms with Crippen molar-refractivity contribution < 1.29 is 9.53 Å². The fraction of sp³-hybridized carbons (Fsp3) is 0.200. The summed E-state index contributed by atoms with van der Waals surface area (Å²) >= 11 is 0. The van der Waals surface area contributed by atoms with E-state index < -0.39 is 0 Å². The van der Waals surface area contributed by atoms with Gasteiger partial charge in [-0.3, -0.25) is 4.79 Å². The third kappa shape index (κ3) is 1.08. The van der Waals surface area contributed by atoms with Crippen molar-refractivity contribution >= 4 is 17.3 Å². The van der Waals surface area contributed by atoms with E-state index in [0.29, 0.717) is 11.6 Å². The smallest absolute Gasteiger partial charge is 0.185 e. The fourth-order valence-corrected chi connectivity index (χ4v) is 1.48. The number of aromatic nitrogens is 2. The summed E-state index contributed by atoms with van der Waals surface area (Å²) in [4.78, 5) is 14.8. The topological polar surface area (TPSA) is 44.1 Å². The quantitative estimate of drug-likeness (QED) is 0.672. The van der Waals surface area contributed by atoms with E-state index in [1.165, 1.54) is 0 Å². The van der Waals surface area contributed by atoms with Gasteiger partial charge in [0.2, 0.25) is 0 Å². The first-order chi connectivity index (χ1) is 6.77. The zero-order valence-corrected chi connectivity index (χ0v) is 8.02. The Morgan fingerprint density at radius 3 is 2.93 bits per heavy atom. The van der Waals surface area contributed by atoms with Crippen LogP contribution < -0.4 is 4.74 Å². The van der Waals surface area contributed by atoms with Crippen LogP contribution in [0.1, 0.15) is 10.6 Å². The molecule has 14 heavy (non-hydrogen) atoms. The summed E-state index contributed by atoms with van der Waals surface area (Å²) in [6.07, 6.45) is 0.736. The maximum absolute atomic E-state index is 10.7. The normalized spacial score (nSPS) is 10.4. The SMILES string of the molecule is COc1cccc2c1nc(C=O)n2C. The standard InChI is InChI=1S/C10H10N2O2/c1-12-7-4-3-5-8(14-2)10(7)11-9(12)6-13/h3-6H,1-2H3. The van der Waals surface area contributed by atoms with Crippen molar-refractivity contribution in [3.8, 4) is 5.75 Å². The van der Waals surface area contributed by atoms with Crippen molar-refractivity contribution in [3.05, 3.63) is 24.0 Å². The molecule has 0 aliphatic rings. The number of ether oxygens (including phenoxy) is 1. The van der Waals surface area contributed by atoms with Crippen LogP contribution in [0.4, 0.5) is 0 Å². The van der Waals surface area contributed by atoms with Gasteiger partial charge in [0.1, 0.15) is 11.3 Å². The van der Waals surface area contributed by atoms with Crippen molar-refractivity contribution in [2.45, 2.75) is 0 Å². The summed E-state index contributed by atoms with van der Waals surface area (Å²) in [6.45, 7) is 0. The minimum atomic E-state index is 0.407. The molecular weight excluding hydrogens is 180 g/mol. The molecule has 2 aromatic rings. The Bertz CT molecular complexity index is 488. The first kappa shape index (κ1) is 8.74. The fourth-order valence-electron chi connectivity index (χ4n) is 1.48. The number of rotatable bonds is 2. The molecule has 0 aliphatic heterocycles. The van der Waals surface area contributed by atoms with Crippen molar-refractivity contribution in [3.63, 3.8) is 0 Å². The number of hydrogen-bond acceptors (Lipinski definition) is 3. The molecule has 0 spiro atoms. The summed E-state index contributed by atoms with van der Waals surface area (Å²) in [7, 11) is 3.39. The maximum Gasteiger partial charge on any atom is 0.185 e. The van der Waals surface area contributed by atoms with E-state index in [2.05, 4.69) is 4.98 Å². The molecule has 2 rings (SSSR count). The molecule has 0 saturated carbocycles. The predicted molar refractivity (Wildman–Crippen MR) is 52.7 cm³/mol. The molecule has 0 amide bonds. The first-order valence-corrected chi connectivity index (χ1v) is 4.22. The largest absolute Gasteiger partial charge is 0.494 e. The van der Waals surface area contributed by atoms with E-state index in [1.54, 1.807) is 18.7 Å². The van der Waals surface area contributed by atoms with Gasteiger partial charge in [-0.1, -0.05) is 6.07 Å². The van der Waals surface area contributed by atoms with Crippen molar-refractivity contribution in [2.24, 2.45) is 7.05 Å². The van der Waals surface area contributed by atoms with Gasteiger partial charge < -0.3 is 9.30 Å². The molecular formula is C10H10N2O2. The number of aryl methyl sites for hydroxylation is 1. The lowest BCUT2D eigenvalue weighted by atomic mass is 10.3. The van der Waals surface area contributed by atoms with Gasteiger partial charge in [-0.25, -0.2) is 4.98 Å². The number of methoxy groups -OCH3 is 1. The van der Waals surface area contributed by atoms with Gasteiger partial charge in [-0.2, -0.15) is 0 Å². The molecule has 0 fully saturated rings. The summed E-state index contributed by atoms with van der Waals surface area (Å²) in [5.41, 5.74) is 1.62. The molecule has 0 bridgehead atoms. The van der Waals surface area contributed by atoms with Crippen LogP contribution in [-0.4, -0.2) is 22.9 Å². The van der Waals surface area contributed by atoms with Crippen LogP contribution in [-0.2, 0) is 7.05 Å². The number of carbonyl (C=O) groups excluding carboxylic acids is 1. The summed E-state index contributed by atoms with van der Waals surface area (Å²) in [5, 5.41) is 0. The second kappa shape index (κ2) is 3.14. The molecule has 1 aromatic heterocycles. The third-order valence-electron chi connectivity index (χ3n) is 2.23. The number of benzene rings is 1. The maximum atomic E-state index is 10.7. The van der Waals surface area contributed by atoms with Gasteiger partial charge in [-0.15, -0.1) is 0 Å². The Hall–Kier alpha value is -1.84. The van der Waals surface area contributed by atoms with Crippen LogP contribution in [0.5, 0.6) is 5.75 Å². The number of carbonyl (C=O) groups is 1. The first-order valence-electron chi connectivity index (χ1n) is 4.22. The minimum Gasteiger partial charge on any atom is -0.494 e. The van der Waals surface area contributed by atoms with E-state index in [1.807, 2.05) is 18.2 Å². The van der Waals surface area contributed by atoms with Crippen LogP contribution >= 0.6 is 0 Å². The number of fused-ring (bicyclic) bond motifs is 1. The molecule has 0 aliphatic carbocycles. The van der Waals surface area contributed by atoms with E-state index in [0.717, 1.165) is 17.3 Å². The lowest BCUT2D eigenvalue weighted by Crippen LogP contribution is -1.94. The highest BCUT2D eigenvalue weighted by molar-refractivity contribution is 5.87. The van der Waals surface area contributed by atoms with Gasteiger partial charge in [0.05, 0.1) is 12.6 Å². The van der Waals surface area contributed by atoms with Gasteiger partial charge in [0, 0.05) is 7.05 Å². The van der Waals surface area contributed by atoms with Crippen LogP contribution in [0, 0.1) is 0 Å². The van der Waals surface area contributed by atoms with Crippen LogP contribution in [0.3, 0.4) is 0 Å². The predicted octanol–water partition coefficient (Wildman–Crippen LogP) is 1.39. The Balaban J connectivity index is 2.83. The van der Waals surface area contributed by atoms with E-state index >= 15 is 0 Å². The summed E-state index contributed by atoms with van der Waals surface area (Å²) < 4.78 is 6.89. The highest BCUT2D eigenvalue weighted by Gasteiger charge is 2.09. The Labute approximate surface area is 81.1 Å². The second-order valence-electron chi connectivity index (χ2n) is 2.97. The Morgan fingerprint density at radius 1 is 1.50 bits per heavy atom. The molecule has 4 nitrogen and oxygen atoms in total. The van der Waals surface area contributed by atoms with Gasteiger partial charge in [0.25, 0.3) is 0 Å². The highest BCUT2D eigenvalue weighted by Crippen LogP contribution is 2.24. The van der Waals surface area contributed by atoms with E-state index in [-0.39, 0.29) is 0 Å². The molecule has 72 valence electrons. The van der Waals surface area contributed by atoms with Crippen LogP contribution in [0.15, 0.2) is 18.2 Å². The van der Waals surface area contributed by atoms with Gasteiger partial charge >= 0.3 is 0 Å². The molecule has 0 N–H and O–H groups in total. The van der Waals surface area contributed by atoms with E-state index in [9.17, 15) is 4.79 Å². The number of para-hydroxylation sites is 1. The van der Waals surface area contributed by atoms with Crippen molar-refractivity contribution in [1.82, 2.24) is 9.55 Å². The molecule has 0 saturated heterocycles. The summed E-state index contributed by atoms with van der Waals surface area (Å²) in [5.74, 6) is 1.09. The van der Waals surface area contributed by atoms with Crippen LogP contribution in [0.25, 0.3) is 11.0 Å². The molecule has 0 radical (unpaired) electrons. The van der Waals surface area contributed by atoms with E-state index in [4.69, 9.17) is 4.74 Å². The second-order valence-corrected chi connectivity index (χ2v) is 2.97. The molecule has 0 unspecified atom stereocenters. The lowest BCUT2D eigenvalue weighted by molar-refractivity contribution is 0.111. The number of aldehydes is 1. The zero-order valence-electron chi connectivity index (χ0n) is 8.02. The Morgan fingerprint density at radius 2 is 2.29 bits per heavy atom. The molecule has 4 heteroatoms. The average molecular weight is 190 g/mol. The molecule has 0 atom stereocenters. The van der Waals surface area contributed by atoms with Crippen molar-refractivity contribution in [1.29, 1.82) is 0 Å². The van der Waals surface area contributed by atoms with Crippen molar-refractivity contribution in [2.75, 3.05) is 7.11 Å². The lowest BCUT2D eigenvalue weighted by Gasteiger charge is -1.99. The van der Waals surface area contributed by atoms with Crippen LogP contribution in [0.2, 0.25) is 0 Å². The van der Waals surface area contributed by atoms with Gasteiger partial charge in [0.15, 0.2) is 12.1 Å². The molecule has 1 aromatic carbocycles. The monoisotopic (exact) mass is 190 g/mol. The minimum absolute atomic E-state index is 0.407.